The fourth-order valence-electron chi connectivity index (χ4n) is 3.28. The molecule has 2 heterocycles. The molecule has 0 aliphatic carbocycles. The van der Waals surface area contributed by atoms with Gasteiger partial charge in [-0.15, -0.1) is 0 Å². The van der Waals surface area contributed by atoms with Crippen LogP contribution in [-0.4, -0.2) is 28.6 Å². The van der Waals surface area contributed by atoms with Gasteiger partial charge in [-0.25, -0.2) is 14.2 Å². The minimum Gasteiger partial charge on any atom is -0.486 e. The standard InChI is InChI=1S/C19H17ClFN3O3/c1-19(2)8-10-14-13(7-9(16(10)27-19)17(25)26-3)22-18(23-14)24-15-11(20)5-4-6-12(15)21/h4-7H,8H2,1-3H3,(H2,22,23,24). The largest absolute Gasteiger partial charge is 0.486 e. The van der Waals surface area contributed by atoms with Gasteiger partial charge in [0.15, 0.2) is 0 Å². The van der Waals surface area contributed by atoms with E-state index >= 15 is 0 Å². The minimum atomic E-state index is -0.493. The monoisotopic (exact) mass is 389 g/mol. The van der Waals surface area contributed by atoms with Crippen molar-refractivity contribution in [3.05, 3.63) is 46.2 Å². The number of esters is 1. The Balaban J connectivity index is 1.85. The van der Waals surface area contributed by atoms with Crippen molar-refractivity contribution in [1.82, 2.24) is 9.97 Å². The number of aromatic nitrogens is 2. The Hall–Kier alpha value is -2.80. The molecule has 27 heavy (non-hydrogen) atoms. The van der Waals surface area contributed by atoms with E-state index in [1.54, 1.807) is 12.1 Å². The molecule has 0 unspecified atom stereocenters. The van der Waals surface area contributed by atoms with Crippen LogP contribution in [0.4, 0.5) is 16.0 Å². The van der Waals surface area contributed by atoms with E-state index in [0.717, 1.165) is 5.56 Å². The molecule has 1 aliphatic rings. The lowest BCUT2D eigenvalue weighted by Gasteiger charge is -2.17. The van der Waals surface area contributed by atoms with Crippen LogP contribution in [0.15, 0.2) is 24.3 Å². The number of hydrogen-bond donors (Lipinski definition) is 2. The van der Waals surface area contributed by atoms with E-state index < -0.39 is 17.4 Å². The molecule has 0 bridgehead atoms. The van der Waals surface area contributed by atoms with Gasteiger partial charge in [0.1, 0.15) is 22.7 Å². The molecule has 8 heteroatoms. The van der Waals surface area contributed by atoms with Gasteiger partial charge in [-0.3, -0.25) is 0 Å². The first-order valence-electron chi connectivity index (χ1n) is 8.33. The Kier molecular flexibility index (Phi) is 3.99. The normalized spacial score (nSPS) is 14.7. The van der Waals surface area contributed by atoms with Crippen LogP contribution in [0.5, 0.6) is 5.75 Å². The van der Waals surface area contributed by atoms with Crippen LogP contribution in [-0.2, 0) is 11.2 Å². The molecule has 3 aromatic rings. The molecule has 0 amide bonds. The summed E-state index contributed by atoms with van der Waals surface area (Å²) in [5.74, 6) is -0.202. The van der Waals surface area contributed by atoms with Gasteiger partial charge in [0, 0.05) is 12.0 Å². The molecule has 0 spiro atoms. The Morgan fingerprint density at radius 2 is 2.22 bits per heavy atom. The number of carbonyl (C=O) groups excluding carboxylic acids is 1. The predicted octanol–water partition coefficient (Wildman–Crippen LogP) is 4.60. The second-order valence-corrected chi connectivity index (χ2v) is 7.37. The van der Waals surface area contributed by atoms with Crippen molar-refractivity contribution in [2.24, 2.45) is 0 Å². The molecule has 0 saturated carbocycles. The molecule has 6 nitrogen and oxygen atoms in total. The van der Waals surface area contributed by atoms with Crippen molar-refractivity contribution >= 4 is 40.2 Å². The van der Waals surface area contributed by atoms with Crippen molar-refractivity contribution in [2.45, 2.75) is 25.9 Å². The van der Waals surface area contributed by atoms with Gasteiger partial charge in [0.05, 0.1) is 28.9 Å². The Morgan fingerprint density at radius 3 is 2.93 bits per heavy atom. The summed E-state index contributed by atoms with van der Waals surface area (Å²) in [6.07, 6.45) is 0.578. The van der Waals surface area contributed by atoms with Crippen molar-refractivity contribution < 1.29 is 18.7 Å². The van der Waals surface area contributed by atoms with E-state index in [-0.39, 0.29) is 10.7 Å². The third kappa shape index (κ3) is 2.98. The number of carbonyl (C=O) groups is 1. The Labute approximate surface area is 159 Å². The number of hydrogen-bond acceptors (Lipinski definition) is 5. The number of fused-ring (bicyclic) bond motifs is 3. The number of methoxy groups -OCH3 is 1. The highest BCUT2D eigenvalue weighted by Gasteiger charge is 2.36. The number of ether oxygens (including phenoxy) is 2. The van der Waals surface area contributed by atoms with Crippen LogP contribution in [0.25, 0.3) is 11.0 Å². The maximum absolute atomic E-state index is 14.1. The first-order valence-corrected chi connectivity index (χ1v) is 8.71. The molecule has 0 atom stereocenters. The minimum absolute atomic E-state index is 0.125. The second kappa shape index (κ2) is 6.13. The first kappa shape index (κ1) is 17.6. The maximum atomic E-state index is 14.1. The van der Waals surface area contributed by atoms with Gasteiger partial charge < -0.3 is 19.8 Å². The van der Waals surface area contributed by atoms with Gasteiger partial charge >= 0.3 is 5.97 Å². The third-order valence-electron chi connectivity index (χ3n) is 4.42. The molecule has 2 aromatic carbocycles. The fraction of sp³-hybridized carbons (Fsp3) is 0.263. The summed E-state index contributed by atoms with van der Waals surface area (Å²) in [7, 11) is 1.32. The van der Waals surface area contributed by atoms with E-state index in [2.05, 4.69) is 15.3 Å². The van der Waals surface area contributed by atoms with Gasteiger partial charge in [0.2, 0.25) is 5.95 Å². The summed E-state index contributed by atoms with van der Waals surface area (Å²) in [6, 6.07) is 6.04. The van der Waals surface area contributed by atoms with Crippen LogP contribution in [0.3, 0.4) is 0 Å². The van der Waals surface area contributed by atoms with E-state index in [1.807, 2.05) is 13.8 Å². The number of nitrogens with one attached hydrogen (secondary N) is 2. The van der Waals surface area contributed by atoms with E-state index in [4.69, 9.17) is 21.1 Å². The highest BCUT2D eigenvalue weighted by Crippen LogP contribution is 2.42. The topological polar surface area (TPSA) is 76.2 Å². The number of rotatable bonds is 3. The number of halogens is 2. The summed E-state index contributed by atoms with van der Waals surface area (Å²) in [5, 5.41) is 3.11. The van der Waals surface area contributed by atoms with Crippen molar-refractivity contribution in [2.75, 3.05) is 12.4 Å². The Morgan fingerprint density at radius 1 is 1.44 bits per heavy atom. The third-order valence-corrected chi connectivity index (χ3v) is 4.73. The molecule has 1 aromatic heterocycles. The highest BCUT2D eigenvalue weighted by atomic mass is 35.5. The molecule has 0 fully saturated rings. The smallest absolute Gasteiger partial charge is 0.341 e. The van der Waals surface area contributed by atoms with Gasteiger partial charge in [0.25, 0.3) is 0 Å². The van der Waals surface area contributed by atoms with Gasteiger partial charge in [-0.05, 0) is 32.0 Å². The van der Waals surface area contributed by atoms with Crippen LogP contribution in [0.2, 0.25) is 5.02 Å². The quantitative estimate of drug-likeness (QED) is 0.640. The summed E-state index contributed by atoms with van der Waals surface area (Å²) in [5.41, 5.74) is 2.05. The van der Waals surface area contributed by atoms with Crippen LogP contribution in [0.1, 0.15) is 29.8 Å². The number of benzene rings is 2. The number of imidazole rings is 1. The van der Waals surface area contributed by atoms with Gasteiger partial charge in [-0.2, -0.15) is 0 Å². The summed E-state index contributed by atoms with van der Waals surface area (Å²) < 4.78 is 24.9. The zero-order valence-electron chi connectivity index (χ0n) is 14.9. The molecular weight excluding hydrogens is 373 g/mol. The number of H-pyrrole nitrogens is 1. The highest BCUT2D eigenvalue weighted by molar-refractivity contribution is 6.33. The van der Waals surface area contributed by atoms with Gasteiger partial charge in [-0.1, -0.05) is 17.7 Å². The van der Waals surface area contributed by atoms with E-state index in [9.17, 15) is 9.18 Å². The molecule has 140 valence electrons. The average molecular weight is 390 g/mol. The number of para-hydroxylation sites is 1. The Bertz CT molecular complexity index is 1060. The average Bonchev–Trinajstić information content (AvgIpc) is 3.15. The molecule has 4 rings (SSSR count). The lowest BCUT2D eigenvalue weighted by Crippen LogP contribution is -2.25. The number of aromatic amines is 1. The molecular formula is C19H17ClFN3O3. The number of anilines is 2. The summed E-state index contributed by atoms with van der Waals surface area (Å²) >= 11 is 6.07. The fourth-order valence-corrected chi connectivity index (χ4v) is 3.49. The van der Waals surface area contributed by atoms with Crippen LogP contribution < -0.4 is 10.1 Å². The zero-order valence-corrected chi connectivity index (χ0v) is 15.7. The van der Waals surface area contributed by atoms with Crippen molar-refractivity contribution in [1.29, 1.82) is 0 Å². The zero-order chi connectivity index (χ0) is 19.3. The number of nitrogens with zero attached hydrogens (tertiary/aromatic N) is 1. The van der Waals surface area contributed by atoms with Crippen LogP contribution >= 0.6 is 11.6 Å². The molecule has 0 saturated heterocycles. The molecule has 1 aliphatic heterocycles. The second-order valence-electron chi connectivity index (χ2n) is 6.97. The lowest BCUT2D eigenvalue weighted by atomic mass is 9.99. The van der Waals surface area contributed by atoms with Crippen LogP contribution in [0, 0.1) is 5.82 Å². The lowest BCUT2D eigenvalue weighted by molar-refractivity contribution is 0.0590. The predicted molar refractivity (Wildman–Crippen MR) is 101 cm³/mol. The summed E-state index contributed by atoms with van der Waals surface area (Å²) in [4.78, 5) is 19.8. The van der Waals surface area contributed by atoms with Crippen molar-refractivity contribution in [3.8, 4) is 5.75 Å². The van der Waals surface area contributed by atoms with Crippen molar-refractivity contribution in [3.63, 3.8) is 0 Å². The molecule has 2 N–H and O–H groups in total. The van der Waals surface area contributed by atoms with E-state index in [0.29, 0.717) is 34.7 Å². The SMILES string of the molecule is COC(=O)c1cc2[nH]c(Nc3c(F)cccc3Cl)nc2c2c1OC(C)(C)C2. The molecule has 0 radical (unpaired) electrons. The maximum Gasteiger partial charge on any atom is 0.341 e. The first-order chi connectivity index (χ1) is 12.8. The summed E-state index contributed by atoms with van der Waals surface area (Å²) in [6.45, 7) is 3.87. The van der Waals surface area contributed by atoms with E-state index in [1.165, 1.54) is 19.2 Å².